The summed E-state index contributed by atoms with van der Waals surface area (Å²) in [5.41, 5.74) is 0.624. The van der Waals surface area contributed by atoms with E-state index in [0.29, 0.717) is 69.4 Å². The third-order valence-corrected chi connectivity index (χ3v) is 10.2. The van der Waals surface area contributed by atoms with Crippen molar-refractivity contribution >= 4 is 53.0 Å². The highest BCUT2D eigenvalue weighted by atomic mass is 35.5. The van der Waals surface area contributed by atoms with Gasteiger partial charge in [0.1, 0.15) is 18.8 Å². The molecule has 2 heterocycles. The first-order chi connectivity index (χ1) is 31.6. The van der Waals surface area contributed by atoms with Gasteiger partial charge in [-0.3, -0.25) is 33.7 Å². The second-order valence-corrected chi connectivity index (χ2v) is 15.5. The van der Waals surface area contributed by atoms with E-state index in [4.69, 9.17) is 40.0 Å². The van der Waals surface area contributed by atoms with Crippen LogP contribution in [0.1, 0.15) is 44.1 Å². The van der Waals surface area contributed by atoms with Crippen LogP contribution >= 0.6 is 11.6 Å². The van der Waals surface area contributed by atoms with Crippen molar-refractivity contribution in [2.75, 3.05) is 92.2 Å². The number of ether oxygens (including phenoxy) is 6. The molecule has 370 valence electrons. The molecule has 3 rings (SSSR count). The number of carboxylic acids is 1. The lowest BCUT2D eigenvalue weighted by Crippen LogP contribution is -2.68. The van der Waals surface area contributed by atoms with Gasteiger partial charge in [0.2, 0.25) is 23.6 Å². The minimum Gasteiger partial charge on any atom is -0.477 e. The van der Waals surface area contributed by atoms with E-state index in [0.717, 1.165) is 17.1 Å². The van der Waals surface area contributed by atoms with Gasteiger partial charge in [-0.1, -0.05) is 23.7 Å². The number of aliphatic carboxylic acids is 1. The normalized spacial score (nSPS) is 20.2. The Balaban J connectivity index is 1.22. The molecule has 2 aliphatic rings. The number of halogens is 1. The maximum Gasteiger partial charge on any atom is 0.364 e. The van der Waals surface area contributed by atoms with E-state index >= 15 is 0 Å². The zero-order valence-corrected chi connectivity index (χ0v) is 37.3. The topological polar surface area (TPSA) is 327 Å². The van der Waals surface area contributed by atoms with Crippen LogP contribution in [-0.2, 0) is 68.4 Å². The number of carbonyl (C=O) groups is 7. The summed E-state index contributed by atoms with van der Waals surface area (Å²) in [4.78, 5) is 85.1. The summed E-state index contributed by atoms with van der Waals surface area (Å²) in [6.45, 7) is 1.22. The largest absolute Gasteiger partial charge is 0.477 e. The number of rotatable bonds is 34. The SMILES string of the molecule is O=C(CCOCCOCCOCCOCCNC(=O)CCN1C(=O)C=CC1=O)NCCCCCO[C@]1(C(=O)O)C[C@H](O)[C@@H](NC(=O)CO)[C@H]([C@H](O)[C@H](O)CNC(=O)Cc2ccc(Cl)cc2)O1. The maximum atomic E-state index is 12.5. The summed E-state index contributed by atoms with van der Waals surface area (Å²) in [5.74, 6) is -7.03. The smallest absolute Gasteiger partial charge is 0.364 e. The van der Waals surface area contributed by atoms with Crippen LogP contribution in [0, 0.1) is 0 Å². The van der Waals surface area contributed by atoms with Gasteiger partial charge in [-0.05, 0) is 37.0 Å². The van der Waals surface area contributed by atoms with Crippen LogP contribution in [0.2, 0.25) is 5.02 Å². The van der Waals surface area contributed by atoms with Crippen molar-refractivity contribution in [1.82, 2.24) is 26.2 Å². The Morgan fingerprint density at radius 3 is 1.97 bits per heavy atom. The lowest BCUT2D eigenvalue weighted by molar-refractivity contribution is -0.310. The van der Waals surface area contributed by atoms with Crippen molar-refractivity contribution in [2.45, 2.75) is 81.2 Å². The molecule has 9 N–H and O–H groups in total. The van der Waals surface area contributed by atoms with Gasteiger partial charge in [-0.25, -0.2) is 4.79 Å². The molecular formula is C42H62ClN5O18. The van der Waals surface area contributed by atoms with Crippen LogP contribution in [0.3, 0.4) is 0 Å². The van der Waals surface area contributed by atoms with Crippen LogP contribution in [0.25, 0.3) is 0 Å². The van der Waals surface area contributed by atoms with E-state index in [-0.39, 0.29) is 70.6 Å². The number of aliphatic hydroxyl groups excluding tert-OH is 4. The molecular weight excluding hydrogens is 898 g/mol. The Kier molecular flexibility index (Phi) is 25.8. The minimum atomic E-state index is -2.50. The number of unbranched alkanes of at least 4 members (excludes halogenated alkanes) is 2. The first kappa shape index (κ1) is 55.7. The zero-order chi connectivity index (χ0) is 48.3. The van der Waals surface area contributed by atoms with Crippen LogP contribution in [0.4, 0.5) is 0 Å². The highest BCUT2D eigenvalue weighted by molar-refractivity contribution is 6.30. The van der Waals surface area contributed by atoms with Gasteiger partial charge in [0.15, 0.2) is 0 Å². The monoisotopic (exact) mass is 959 g/mol. The number of nitrogens with zero attached hydrogens (tertiary/aromatic N) is 1. The average Bonchev–Trinajstić information content (AvgIpc) is 3.62. The van der Waals surface area contributed by atoms with Gasteiger partial charge in [0, 0.05) is 62.6 Å². The molecule has 0 unspecified atom stereocenters. The van der Waals surface area contributed by atoms with Crippen molar-refractivity contribution in [1.29, 1.82) is 0 Å². The number of hydrogen-bond acceptors (Lipinski definition) is 17. The van der Waals surface area contributed by atoms with Gasteiger partial charge >= 0.3 is 5.97 Å². The minimum absolute atomic E-state index is 0.00545. The molecule has 0 aliphatic carbocycles. The quantitative estimate of drug-likeness (QED) is 0.0251. The molecule has 1 aromatic rings. The van der Waals surface area contributed by atoms with Crippen LogP contribution in [0.5, 0.6) is 0 Å². The van der Waals surface area contributed by atoms with Crippen molar-refractivity contribution in [3.63, 3.8) is 0 Å². The summed E-state index contributed by atoms with van der Waals surface area (Å²) in [6.07, 6.45) is -4.15. The fraction of sp³-hybridized carbons (Fsp3) is 0.643. The Morgan fingerprint density at radius 2 is 1.35 bits per heavy atom. The predicted molar refractivity (Wildman–Crippen MR) is 229 cm³/mol. The summed E-state index contributed by atoms with van der Waals surface area (Å²) in [5, 5.41) is 62.9. The summed E-state index contributed by atoms with van der Waals surface area (Å²) >= 11 is 5.87. The Bertz CT molecular complexity index is 1720. The molecule has 1 aromatic carbocycles. The van der Waals surface area contributed by atoms with Crippen molar-refractivity contribution in [2.24, 2.45) is 0 Å². The van der Waals surface area contributed by atoms with Crippen LogP contribution in [0.15, 0.2) is 36.4 Å². The fourth-order valence-corrected chi connectivity index (χ4v) is 6.58. The van der Waals surface area contributed by atoms with E-state index in [2.05, 4.69) is 21.3 Å². The number of imide groups is 1. The third-order valence-electron chi connectivity index (χ3n) is 9.99. The molecule has 24 heteroatoms. The number of carbonyl (C=O) groups excluding carboxylic acids is 6. The van der Waals surface area contributed by atoms with Gasteiger partial charge in [-0.15, -0.1) is 0 Å². The maximum absolute atomic E-state index is 12.5. The van der Waals surface area contributed by atoms with E-state index < -0.39 is 85.4 Å². The average molecular weight is 960 g/mol. The number of benzene rings is 1. The second kappa shape index (κ2) is 30.6. The van der Waals surface area contributed by atoms with Crippen LogP contribution in [-0.4, -0.2) is 200 Å². The first-order valence-corrected chi connectivity index (χ1v) is 21.9. The zero-order valence-electron chi connectivity index (χ0n) is 36.6. The third kappa shape index (κ3) is 20.5. The van der Waals surface area contributed by atoms with E-state index in [1.165, 1.54) is 0 Å². The highest BCUT2D eigenvalue weighted by Crippen LogP contribution is 2.34. The van der Waals surface area contributed by atoms with Crippen molar-refractivity contribution in [3.8, 4) is 0 Å². The summed E-state index contributed by atoms with van der Waals surface area (Å²) in [6, 6.07) is 4.99. The molecule has 23 nitrogen and oxygen atoms in total. The molecule has 6 amide bonds. The fourth-order valence-electron chi connectivity index (χ4n) is 6.45. The van der Waals surface area contributed by atoms with Gasteiger partial charge in [0.25, 0.3) is 17.6 Å². The van der Waals surface area contributed by atoms with Gasteiger partial charge < -0.3 is 75.2 Å². The van der Waals surface area contributed by atoms with E-state index in [1.807, 2.05) is 0 Å². The Hall–Kier alpha value is -4.66. The van der Waals surface area contributed by atoms with E-state index in [1.54, 1.807) is 24.3 Å². The molecule has 0 aromatic heterocycles. The van der Waals surface area contributed by atoms with Crippen molar-refractivity contribution in [3.05, 3.63) is 47.0 Å². The molecule has 2 aliphatic heterocycles. The highest BCUT2D eigenvalue weighted by Gasteiger charge is 2.55. The molecule has 0 radical (unpaired) electrons. The van der Waals surface area contributed by atoms with Crippen LogP contribution < -0.4 is 21.3 Å². The van der Waals surface area contributed by atoms with E-state index in [9.17, 15) is 59.1 Å². The molecule has 0 bridgehead atoms. The summed E-state index contributed by atoms with van der Waals surface area (Å²) in [7, 11) is 0. The summed E-state index contributed by atoms with van der Waals surface area (Å²) < 4.78 is 33.0. The molecule has 0 spiro atoms. The number of carboxylic acid groups (broad SMARTS) is 1. The standard InChI is InChI=1S/C42H62ClN5O18/c43-29-6-4-28(5-7-29)24-34(54)46-26-31(51)39(58)40-38(47-35(55)27-49)30(50)25-42(66-40,41(59)60)65-15-3-1-2-12-44-33(53)11-16-61-18-20-63-22-23-64-21-19-62-17-13-45-32(52)10-14-48-36(56)8-9-37(48)57/h4-9,30-31,38-40,49-51,58H,1-3,10-27H2,(H,44,53)(H,45,52)(H,46,54)(H,47,55)(H,59,60)/t30-,31+,38+,39+,40+,42+/m0/s1. The van der Waals surface area contributed by atoms with Gasteiger partial charge in [0.05, 0.1) is 84.1 Å². The number of nitrogens with one attached hydrogen (secondary N) is 4. The first-order valence-electron chi connectivity index (χ1n) is 21.5. The molecule has 66 heavy (non-hydrogen) atoms. The molecule has 1 fully saturated rings. The Labute approximate surface area is 386 Å². The predicted octanol–water partition coefficient (Wildman–Crippen LogP) is -2.68. The lowest BCUT2D eigenvalue weighted by atomic mass is 9.88. The Morgan fingerprint density at radius 1 is 0.758 bits per heavy atom. The molecule has 0 saturated carbocycles. The van der Waals surface area contributed by atoms with Gasteiger partial charge in [-0.2, -0.15) is 0 Å². The number of aliphatic hydroxyl groups is 4. The number of hydrogen-bond donors (Lipinski definition) is 9. The lowest BCUT2D eigenvalue weighted by Gasteiger charge is -2.46. The van der Waals surface area contributed by atoms with Crippen molar-refractivity contribution < 1.29 is 87.5 Å². The molecule has 1 saturated heterocycles. The molecule has 6 atom stereocenters. The number of amides is 6. The second-order valence-electron chi connectivity index (χ2n) is 15.0.